The maximum absolute atomic E-state index is 7.15. The van der Waals surface area contributed by atoms with E-state index in [0.717, 1.165) is 17.9 Å². The molecule has 6 aromatic rings. The van der Waals surface area contributed by atoms with E-state index in [9.17, 15) is 0 Å². The second kappa shape index (κ2) is 10.6. The van der Waals surface area contributed by atoms with Crippen molar-refractivity contribution in [3.63, 3.8) is 0 Å². The molecule has 3 heterocycles. The summed E-state index contributed by atoms with van der Waals surface area (Å²) >= 11 is 1.96. The van der Waals surface area contributed by atoms with Crippen LogP contribution in [0.1, 0.15) is 97.9 Å². The maximum atomic E-state index is 7.15. The van der Waals surface area contributed by atoms with Gasteiger partial charge in [0.25, 0.3) is 6.71 Å². The highest BCUT2D eigenvalue weighted by atomic mass is 32.1. The van der Waals surface area contributed by atoms with E-state index >= 15 is 0 Å². The molecule has 0 N–H and O–H groups in total. The number of anilines is 3. The molecule has 5 aromatic carbocycles. The summed E-state index contributed by atoms with van der Waals surface area (Å²) in [6.45, 7) is 23.6. The monoisotopic (exact) mass is 685 g/mol. The molecular formula is C47H48BNOS. The summed E-state index contributed by atoms with van der Waals surface area (Å²) in [6, 6.07) is 36.9. The lowest BCUT2D eigenvalue weighted by Crippen LogP contribution is -2.58. The Morgan fingerprint density at radius 3 is 1.98 bits per heavy atom. The third-order valence-electron chi connectivity index (χ3n) is 11.8. The van der Waals surface area contributed by atoms with E-state index in [4.69, 9.17) is 4.74 Å². The number of hydrogen-bond acceptors (Lipinski definition) is 3. The lowest BCUT2D eigenvalue weighted by atomic mass is 9.36. The molecule has 0 radical (unpaired) electrons. The van der Waals surface area contributed by atoms with Crippen molar-refractivity contribution in [2.24, 2.45) is 0 Å². The number of benzene rings is 5. The van der Waals surface area contributed by atoms with Gasteiger partial charge in [-0.2, -0.15) is 0 Å². The summed E-state index contributed by atoms with van der Waals surface area (Å²) in [4.78, 5) is 2.56. The highest BCUT2D eigenvalue weighted by Gasteiger charge is 2.48. The van der Waals surface area contributed by atoms with Gasteiger partial charge in [-0.25, -0.2) is 0 Å². The number of thiophene rings is 1. The van der Waals surface area contributed by atoms with Gasteiger partial charge in [0.1, 0.15) is 11.5 Å². The molecular weight excluding hydrogens is 637 g/mol. The van der Waals surface area contributed by atoms with Gasteiger partial charge in [0, 0.05) is 26.2 Å². The fourth-order valence-electron chi connectivity index (χ4n) is 9.34. The lowest BCUT2D eigenvalue weighted by Gasteiger charge is -2.39. The Morgan fingerprint density at radius 2 is 1.31 bits per heavy atom. The molecule has 2 aliphatic heterocycles. The van der Waals surface area contributed by atoms with Crippen molar-refractivity contribution in [3.8, 4) is 22.6 Å². The Balaban J connectivity index is 1.39. The second-order valence-electron chi connectivity index (χ2n) is 18.6. The first-order chi connectivity index (χ1) is 24.0. The van der Waals surface area contributed by atoms with Gasteiger partial charge in [-0.15, -0.1) is 11.3 Å². The first kappa shape index (κ1) is 32.6. The molecule has 256 valence electrons. The molecule has 0 bridgehead atoms. The van der Waals surface area contributed by atoms with E-state index in [1.165, 1.54) is 76.2 Å². The van der Waals surface area contributed by atoms with Crippen molar-refractivity contribution >= 4 is 60.9 Å². The normalized spacial score (nSPS) is 16.7. The molecule has 0 unspecified atom stereocenters. The van der Waals surface area contributed by atoms with E-state index in [1.807, 2.05) is 11.3 Å². The van der Waals surface area contributed by atoms with Gasteiger partial charge in [-0.1, -0.05) is 124 Å². The predicted octanol–water partition coefficient (Wildman–Crippen LogP) is 11.5. The van der Waals surface area contributed by atoms with Crippen molar-refractivity contribution < 1.29 is 4.74 Å². The van der Waals surface area contributed by atoms with Crippen LogP contribution in [0.15, 0.2) is 97.1 Å². The molecule has 0 atom stereocenters. The van der Waals surface area contributed by atoms with Crippen molar-refractivity contribution in [2.75, 3.05) is 4.90 Å². The van der Waals surface area contributed by atoms with Gasteiger partial charge in [0.15, 0.2) is 0 Å². The summed E-state index contributed by atoms with van der Waals surface area (Å²) < 4.78 is 9.88. The fourth-order valence-corrected chi connectivity index (χ4v) is 10.6. The van der Waals surface area contributed by atoms with Crippen LogP contribution in [0.4, 0.5) is 17.1 Å². The average molecular weight is 686 g/mol. The number of fused-ring (bicyclic) bond motifs is 7. The van der Waals surface area contributed by atoms with Crippen LogP contribution in [-0.2, 0) is 21.7 Å². The zero-order chi connectivity index (χ0) is 35.8. The fraction of sp³-hybridized carbons (Fsp3) is 0.319. The minimum Gasteiger partial charge on any atom is -0.458 e. The summed E-state index contributed by atoms with van der Waals surface area (Å²) in [5.41, 5.74) is 14.5. The van der Waals surface area contributed by atoms with E-state index < -0.39 is 0 Å². The molecule has 4 heteroatoms. The average Bonchev–Trinajstić information content (AvgIpc) is 3.53. The molecule has 0 amide bonds. The highest BCUT2D eigenvalue weighted by Crippen LogP contribution is 2.52. The lowest BCUT2D eigenvalue weighted by molar-refractivity contribution is 0.402. The van der Waals surface area contributed by atoms with Crippen LogP contribution < -0.4 is 25.3 Å². The molecule has 0 saturated carbocycles. The van der Waals surface area contributed by atoms with Crippen LogP contribution in [0.5, 0.6) is 11.5 Å². The summed E-state index contributed by atoms with van der Waals surface area (Å²) in [5, 5.41) is 1.33. The maximum Gasteiger partial charge on any atom is 0.268 e. The van der Waals surface area contributed by atoms with Crippen LogP contribution in [0.25, 0.3) is 21.2 Å². The van der Waals surface area contributed by atoms with E-state index in [-0.39, 0.29) is 28.4 Å². The zero-order valence-electron chi connectivity index (χ0n) is 31.8. The highest BCUT2D eigenvalue weighted by molar-refractivity contribution is 7.33. The van der Waals surface area contributed by atoms with Crippen molar-refractivity contribution in [1.29, 1.82) is 0 Å². The summed E-state index contributed by atoms with van der Waals surface area (Å²) in [7, 11) is 0. The molecule has 0 spiro atoms. The quantitative estimate of drug-likeness (QED) is 0.168. The predicted molar refractivity (Wildman–Crippen MR) is 221 cm³/mol. The Labute approximate surface area is 308 Å². The Kier molecular flexibility index (Phi) is 6.80. The largest absolute Gasteiger partial charge is 0.458 e. The molecule has 9 rings (SSSR count). The van der Waals surface area contributed by atoms with E-state index in [0.29, 0.717) is 0 Å². The standard InChI is InChI=1S/C47H48BNOS/c1-44(2,3)30-16-19-32(20-17-30)49-37-22-29(28-14-12-11-13-15-28)23-39-41(37)48(43-42(49)33-24-31(45(4,5)6)18-21-40(33)51-43)36-25-34-35(26-38(36)50-39)47(9,10)27-46(34,7)8/h11-26H,27H2,1-10H3. The van der Waals surface area contributed by atoms with Crippen molar-refractivity contribution in [1.82, 2.24) is 0 Å². The molecule has 0 fully saturated rings. The summed E-state index contributed by atoms with van der Waals surface area (Å²) in [6.07, 6.45) is 1.13. The Morgan fingerprint density at radius 1 is 0.667 bits per heavy atom. The third-order valence-corrected chi connectivity index (χ3v) is 13.0. The van der Waals surface area contributed by atoms with Gasteiger partial charge in [0.05, 0.1) is 5.69 Å². The number of rotatable bonds is 2. The van der Waals surface area contributed by atoms with Crippen molar-refractivity contribution in [3.05, 3.63) is 119 Å². The van der Waals surface area contributed by atoms with Crippen LogP contribution in [0.2, 0.25) is 0 Å². The van der Waals surface area contributed by atoms with E-state index in [2.05, 4.69) is 171 Å². The second-order valence-corrected chi connectivity index (χ2v) is 19.7. The molecule has 2 nitrogen and oxygen atoms in total. The number of ether oxygens (including phenoxy) is 1. The van der Waals surface area contributed by atoms with Gasteiger partial charge in [-0.05, 0) is 115 Å². The Hall–Kier alpha value is -4.28. The van der Waals surface area contributed by atoms with Crippen molar-refractivity contribution in [2.45, 2.75) is 97.3 Å². The Bertz CT molecular complexity index is 2380. The molecule has 51 heavy (non-hydrogen) atoms. The molecule has 3 aliphatic rings. The van der Waals surface area contributed by atoms with Gasteiger partial charge in [-0.3, -0.25) is 0 Å². The SMILES string of the molecule is CC(C)(C)c1ccc(N2c3cc(-c4ccccc4)cc4c3B(c3cc5c(cc3O4)C(C)(C)CC5(C)C)c3sc4ccc(C(C)(C)C)cc4c32)cc1. The first-order valence-corrected chi connectivity index (χ1v) is 19.4. The van der Waals surface area contributed by atoms with Crippen LogP contribution in [0.3, 0.4) is 0 Å². The third kappa shape index (κ3) is 4.96. The molecule has 1 aromatic heterocycles. The first-order valence-electron chi connectivity index (χ1n) is 18.6. The number of hydrogen-bond donors (Lipinski definition) is 0. The number of nitrogens with zero attached hydrogens (tertiary/aromatic N) is 1. The topological polar surface area (TPSA) is 12.5 Å². The van der Waals surface area contributed by atoms with Crippen LogP contribution in [0, 0.1) is 0 Å². The summed E-state index contributed by atoms with van der Waals surface area (Å²) in [5.74, 6) is 1.98. The minimum absolute atomic E-state index is 0.0344. The van der Waals surface area contributed by atoms with Crippen LogP contribution >= 0.6 is 11.3 Å². The molecule has 1 aliphatic carbocycles. The van der Waals surface area contributed by atoms with Crippen LogP contribution in [-0.4, -0.2) is 6.71 Å². The smallest absolute Gasteiger partial charge is 0.268 e. The van der Waals surface area contributed by atoms with Gasteiger partial charge < -0.3 is 9.64 Å². The van der Waals surface area contributed by atoms with Gasteiger partial charge in [0.2, 0.25) is 0 Å². The molecule has 0 saturated heterocycles. The van der Waals surface area contributed by atoms with Gasteiger partial charge >= 0.3 is 0 Å². The minimum atomic E-state index is 0.0344. The van der Waals surface area contributed by atoms with E-state index in [1.54, 1.807) is 0 Å². The zero-order valence-corrected chi connectivity index (χ0v) is 32.6.